The van der Waals surface area contributed by atoms with Crippen molar-refractivity contribution in [2.45, 2.75) is 46.5 Å². The molecule has 1 amide bonds. The van der Waals surface area contributed by atoms with Gasteiger partial charge in [-0.1, -0.05) is 13.8 Å². The van der Waals surface area contributed by atoms with Crippen molar-refractivity contribution in [3.05, 3.63) is 0 Å². The minimum atomic E-state index is -1.000. The quantitative estimate of drug-likeness (QED) is 0.597. The van der Waals surface area contributed by atoms with Crippen molar-refractivity contribution in [1.29, 1.82) is 0 Å². The van der Waals surface area contributed by atoms with E-state index in [9.17, 15) is 14.7 Å². The van der Waals surface area contributed by atoms with Crippen LogP contribution < -0.4 is 5.32 Å². The number of carboxylic acids is 1. The van der Waals surface area contributed by atoms with E-state index in [1.807, 2.05) is 13.8 Å². The average molecular weight is 273 g/mol. The van der Waals surface area contributed by atoms with Crippen molar-refractivity contribution in [2.24, 2.45) is 11.3 Å². The van der Waals surface area contributed by atoms with Gasteiger partial charge in [0.05, 0.1) is 5.41 Å². The lowest BCUT2D eigenvalue weighted by atomic mass is 9.76. The Morgan fingerprint density at radius 1 is 1.26 bits per heavy atom. The van der Waals surface area contributed by atoms with Gasteiger partial charge in [0.25, 0.3) is 0 Å². The molecule has 1 atom stereocenters. The van der Waals surface area contributed by atoms with Crippen molar-refractivity contribution >= 4 is 11.9 Å². The summed E-state index contributed by atoms with van der Waals surface area (Å²) >= 11 is 0. The fourth-order valence-electron chi connectivity index (χ4n) is 1.70. The van der Waals surface area contributed by atoms with Crippen molar-refractivity contribution in [1.82, 2.24) is 5.32 Å². The topological polar surface area (TPSA) is 75.6 Å². The van der Waals surface area contributed by atoms with Gasteiger partial charge >= 0.3 is 5.97 Å². The molecule has 2 N–H and O–H groups in total. The Balaban J connectivity index is 3.99. The summed E-state index contributed by atoms with van der Waals surface area (Å²) in [5.74, 6) is -1.19. The summed E-state index contributed by atoms with van der Waals surface area (Å²) < 4.78 is 4.94. The minimum Gasteiger partial charge on any atom is -0.481 e. The van der Waals surface area contributed by atoms with Gasteiger partial charge in [0, 0.05) is 26.7 Å². The first-order valence-corrected chi connectivity index (χ1v) is 6.83. The molecule has 0 heterocycles. The molecular formula is C14H27NO4. The highest BCUT2D eigenvalue weighted by Gasteiger charge is 2.38. The number of rotatable bonds is 10. The molecule has 0 bridgehead atoms. The number of unbranched alkanes of at least 4 members (excludes halogenated alkanes) is 2. The maximum atomic E-state index is 11.8. The molecule has 0 saturated heterocycles. The second-order valence-electron chi connectivity index (χ2n) is 5.46. The summed E-state index contributed by atoms with van der Waals surface area (Å²) in [4.78, 5) is 23.0. The molecule has 0 spiro atoms. The van der Waals surface area contributed by atoms with Crippen molar-refractivity contribution in [3.8, 4) is 0 Å². The molecule has 0 aromatic rings. The molecule has 5 heteroatoms. The standard InChI is InChI=1S/C14H27NO4/c1-11(2)14(3,13(17)18)10-12(16)15-8-6-5-7-9-19-4/h11H,5-10H2,1-4H3,(H,15,16)(H,17,18). The van der Waals surface area contributed by atoms with E-state index in [4.69, 9.17) is 4.74 Å². The number of methoxy groups -OCH3 is 1. The summed E-state index contributed by atoms with van der Waals surface area (Å²) in [6, 6.07) is 0. The van der Waals surface area contributed by atoms with E-state index in [1.54, 1.807) is 14.0 Å². The Morgan fingerprint density at radius 3 is 2.37 bits per heavy atom. The molecule has 0 aromatic heterocycles. The van der Waals surface area contributed by atoms with E-state index in [2.05, 4.69) is 5.32 Å². The molecule has 0 rings (SSSR count). The van der Waals surface area contributed by atoms with Crippen LogP contribution in [0.3, 0.4) is 0 Å². The number of aliphatic carboxylic acids is 1. The van der Waals surface area contributed by atoms with Gasteiger partial charge in [-0.25, -0.2) is 0 Å². The lowest BCUT2D eigenvalue weighted by Crippen LogP contribution is -2.39. The Bertz CT molecular complexity index is 291. The highest BCUT2D eigenvalue weighted by Crippen LogP contribution is 2.31. The normalized spacial score (nSPS) is 14.2. The van der Waals surface area contributed by atoms with Crippen LogP contribution in [0.1, 0.15) is 46.5 Å². The molecule has 5 nitrogen and oxygen atoms in total. The molecule has 0 aliphatic carbocycles. The van der Waals surface area contributed by atoms with Crippen LogP contribution in [0, 0.1) is 11.3 Å². The van der Waals surface area contributed by atoms with Gasteiger partial charge in [-0.05, 0) is 32.1 Å². The fraction of sp³-hybridized carbons (Fsp3) is 0.857. The third-order valence-corrected chi connectivity index (χ3v) is 3.64. The zero-order chi connectivity index (χ0) is 14.9. The molecular weight excluding hydrogens is 246 g/mol. The molecule has 0 saturated carbocycles. The Morgan fingerprint density at radius 2 is 1.89 bits per heavy atom. The van der Waals surface area contributed by atoms with Gasteiger partial charge in [-0.2, -0.15) is 0 Å². The maximum Gasteiger partial charge on any atom is 0.310 e. The van der Waals surface area contributed by atoms with Crippen LogP contribution in [-0.4, -0.2) is 37.2 Å². The number of nitrogens with one attached hydrogen (secondary N) is 1. The van der Waals surface area contributed by atoms with E-state index in [1.165, 1.54) is 0 Å². The van der Waals surface area contributed by atoms with E-state index < -0.39 is 11.4 Å². The first-order valence-electron chi connectivity index (χ1n) is 6.83. The van der Waals surface area contributed by atoms with E-state index in [0.717, 1.165) is 25.9 Å². The number of hydrogen-bond donors (Lipinski definition) is 2. The molecule has 19 heavy (non-hydrogen) atoms. The molecule has 0 aliphatic rings. The Kier molecular flexibility index (Phi) is 8.39. The van der Waals surface area contributed by atoms with Crippen LogP contribution in [0.5, 0.6) is 0 Å². The zero-order valence-corrected chi connectivity index (χ0v) is 12.5. The van der Waals surface area contributed by atoms with Crippen LogP contribution in [0.2, 0.25) is 0 Å². The summed E-state index contributed by atoms with van der Waals surface area (Å²) in [5, 5.41) is 12.0. The van der Waals surface area contributed by atoms with Gasteiger partial charge in [0.15, 0.2) is 0 Å². The molecule has 112 valence electrons. The third kappa shape index (κ3) is 6.57. The molecule has 0 fully saturated rings. The molecule has 0 radical (unpaired) electrons. The van der Waals surface area contributed by atoms with E-state index >= 15 is 0 Å². The number of ether oxygens (including phenoxy) is 1. The smallest absolute Gasteiger partial charge is 0.310 e. The SMILES string of the molecule is COCCCCCNC(=O)CC(C)(C(=O)O)C(C)C. The summed E-state index contributed by atoms with van der Waals surface area (Å²) in [6.07, 6.45) is 2.89. The predicted octanol–water partition coefficient (Wildman–Crippen LogP) is 2.06. The number of carbonyl (C=O) groups excluding carboxylic acids is 1. The fourth-order valence-corrected chi connectivity index (χ4v) is 1.70. The second kappa shape index (κ2) is 8.91. The van der Waals surface area contributed by atoms with E-state index in [-0.39, 0.29) is 18.2 Å². The van der Waals surface area contributed by atoms with Crippen molar-refractivity contribution in [2.75, 3.05) is 20.3 Å². The van der Waals surface area contributed by atoms with Crippen LogP contribution in [0.25, 0.3) is 0 Å². The third-order valence-electron chi connectivity index (χ3n) is 3.64. The summed E-state index contributed by atoms with van der Waals surface area (Å²) in [7, 11) is 1.67. The van der Waals surface area contributed by atoms with Crippen LogP contribution in [-0.2, 0) is 14.3 Å². The predicted molar refractivity (Wildman–Crippen MR) is 73.9 cm³/mol. The molecule has 1 unspecified atom stereocenters. The number of amides is 1. The first kappa shape index (κ1) is 17.9. The molecule has 0 aromatic carbocycles. The second-order valence-corrected chi connectivity index (χ2v) is 5.46. The van der Waals surface area contributed by atoms with E-state index in [0.29, 0.717) is 6.54 Å². The average Bonchev–Trinajstić information content (AvgIpc) is 2.32. The van der Waals surface area contributed by atoms with Gasteiger partial charge in [-0.15, -0.1) is 0 Å². The number of hydrogen-bond acceptors (Lipinski definition) is 3. The highest BCUT2D eigenvalue weighted by atomic mass is 16.5. The summed E-state index contributed by atoms with van der Waals surface area (Å²) in [5.41, 5.74) is -1.000. The zero-order valence-electron chi connectivity index (χ0n) is 12.5. The van der Waals surface area contributed by atoms with Crippen LogP contribution in [0.15, 0.2) is 0 Å². The minimum absolute atomic E-state index is 0.0259. The van der Waals surface area contributed by atoms with Gasteiger partial charge < -0.3 is 15.2 Å². The monoisotopic (exact) mass is 273 g/mol. The maximum absolute atomic E-state index is 11.8. The van der Waals surface area contributed by atoms with Crippen LogP contribution in [0.4, 0.5) is 0 Å². The highest BCUT2D eigenvalue weighted by molar-refractivity contribution is 5.84. The first-order chi connectivity index (χ1) is 8.84. The number of carbonyl (C=O) groups is 2. The Labute approximate surface area is 115 Å². The molecule has 0 aliphatic heterocycles. The lowest BCUT2D eigenvalue weighted by molar-refractivity contribution is -0.153. The van der Waals surface area contributed by atoms with Gasteiger partial charge in [-0.3, -0.25) is 9.59 Å². The summed E-state index contributed by atoms with van der Waals surface area (Å²) in [6.45, 7) is 6.60. The van der Waals surface area contributed by atoms with Crippen molar-refractivity contribution in [3.63, 3.8) is 0 Å². The Hall–Kier alpha value is -1.10. The van der Waals surface area contributed by atoms with Gasteiger partial charge in [0.2, 0.25) is 5.91 Å². The van der Waals surface area contributed by atoms with Crippen LogP contribution >= 0.6 is 0 Å². The lowest BCUT2D eigenvalue weighted by Gasteiger charge is -2.28. The number of carboxylic acid groups (broad SMARTS) is 1. The van der Waals surface area contributed by atoms with Crippen molar-refractivity contribution < 1.29 is 19.4 Å². The largest absolute Gasteiger partial charge is 0.481 e. The van der Waals surface area contributed by atoms with Gasteiger partial charge in [0.1, 0.15) is 0 Å².